The first-order chi connectivity index (χ1) is 7.69. The molecule has 0 saturated heterocycles. The molecule has 0 aromatic heterocycles. The highest BCUT2D eigenvalue weighted by Gasteiger charge is 2.09. The Morgan fingerprint density at radius 1 is 1.44 bits per heavy atom. The summed E-state index contributed by atoms with van der Waals surface area (Å²) in [4.78, 5) is 2.15. The molecule has 0 saturated carbocycles. The molecule has 0 atom stereocenters. The van der Waals surface area contributed by atoms with Crippen LogP contribution in [0.15, 0.2) is 22.7 Å². The summed E-state index contributed by atoms with van der Waals surface area (Å²) in [6, 6.07) is 8.00. The monoisotopic (exact) mass is 300 g/mol. The Labute approximate surface area is 110 Å². The van der Waals surface area contributed by atoms with Crippen molar-refractivity contribution in [2.75, 3.05) is 18.0 Å². The molecule has 0 fully saturated rings. The minimum absolute atomic E-state index is 0.520. The fourth-order valence-corrected chi connectivity index (χ4v) is 2.34. The van der Waals surface area contributed by atoms with Gasteiger partial charge in [0, 0.05) is 17.6 Å². The fraction of sp³-hybridized carbons (Fsp3) is 0.417. The second-order valence-electron chi connectivity index (χ2n) is 3.49. The summed E-state index contributed by atoms with van der Waals surface area (Å²) >= 11 is 9.57. The predicted molar refractivity (Wildman–Crippen MR) is 71.9 cm³/mol. The van der Waals surface area contributed by atoms with E-state index >= 15 is 0 Å². The highest BCUT2D eigenvalue weighted by atomic mass is 79.9. The highest BCUT2D eigenvalue weighted by Crippen LogP contribution is 2.29. The smallest absolute Gasteiger partial charge is 0.0650 e. The lowest BCUT2D eigenvalue weighted by molar-refractivity contribution is 0.768. The normalized spacial score (nSPS) is 9.88. The van der Waals surface area contributed by atoms with Crippen molar-refractivity contribution < 1.29 is 0 Å². The second-order valence-corrected chi connectivity index (χ2v) is 4.81. The predicted octanol–water partition coefficient (Wildman–Crippen LogP) is 4.23. The van der Waals surface area contributed by atoms with Gasteiger partial charge in [0.2, 0.25) is 0 Å². The zero-order valence-electron chi connectivity index (χ0n) is 9.21. The fourth-order valence-electron chi connectivity index (χ4n) is 1.55. The quantitative estimate of drug-likeness (QED) is 0.813. The maximum atomic E-state index is 8.63. The van der Waals surface area contributed by atoms with E-state index < -0.39 is 0 Å². The standard InChI is InChI=1S/C12H14BrClN2/c1-2-7-16(8-3-6-15)12-5-4-10(13)9-11(12)14/h4-5,9H,2-3,7-8H2,1H3. The number of nitrogens with zero attached hydrogens (tertiary/aromatic N) is 2. The first-order valence-electron chi connectivity index (χ1n) is 5.26. The molecule has 0 heterocycles. The van der Waals surface area contributed by atoms with Crippen LogP contribution in [0.3, 0.4) is 0 Å². The molecule has 16 heavy (non-hydrogen) atoms. The maximum Gasteiger partial charge on any atom is 0.0650 e. The lowest BCUT2D eigenvalue weighted by atomic mass is 10.2. The van der Waals surface area contributed by atoms with Gasteiger partial charge in [0.05, 0.1) is 23.2 Å². The molecule has 1 aromatic rings. The Morgan fingerprint density at radius 2 is 2.19 bits per heavy atom. The minimum atomic E-state index is 0.520. The van der Waals surface area contributed by atoms with Crippen LogP contribution in [0.4, 0.5) is 5.69 Å². The number of hydrogen-bond acceptors (Lipinski definition) is 2. The summed E-state index contributed by atoms with van der Waals surface area (Å²) < 4.78 is 0.970. The van der Waals surface area contributed by atoms with E-state index in [4.69, 9.17) is 16.9 Å². The largest absolute Gasteiger partial charge is 0.369 e. The molecule has 0 radical (unpaired) electrons. The van der Waals surface area contributed by atoms with E-state index in [1.165, 1.54) is 0 Å². The lowest BCUT2D eigenvalue weighted by Crippen LogP contribution is -2.25. The van der Waals surface area contributed by atoms with Crippen molar-refractivity contribution in [1.82, 2.24) is 0 Å². The van der Waals surface area contributed by atoms with Crippen molar-refractivity contribution in [3.05, 3.63) is 27.7 Å². The topological polar surface area (TPSA) is 27.0 Å². The van der Waals surface area contributed by atoms with Crippen LogP contribution in [-0.2, 0) is 0 Å². The first kappa shape index (κ1) is 13.3. The van der Waals surface area contributed by atoms with Crippen LogP contribution in [0.2, 0.25) is 5.02 Å². The van der Waals surface area contributed by atoms with Crippen LogP contribution in [0.25, 0.3) is 0 Å². The average Bonchev–Trinajstić information content (AvgIpc) is 2.25. The molecule has 1 aromatic carbocycles. The highest BCUT2D eigenvalue weighted by molar-refractivity contribution is 9.10. The van der Waals surface area contributed by atoms with Gasteiger partial charge in [-0.15, -0.1) is 0 Å². The van der Waals surface area contributed by atoms with Gasteiger partial charge in [-0.1, -0.05) is 34.5 Å². The van der Waals surface area contributed by atoms with E-state index in [-0.39, 0.29) is 0 Å². The van der Waals surface area contributed by atoms with E-state index in [0.29, 0.717) is 6.42 Å². The van der Waals surface area contributed by atoms with Gasteiger partial charge in [0.25, 0.3) is 0 Å². The van der Waals surface area contributed by atoms with E-state index in [0.717, 1.165) is 34.7 Å². The molecule has 0 amide bonds. The maximum absolute atomic E-state index is 8.63. The first-order valence-corrected chi connectivity index (χ1v) is 6.43. The van der Waals surface area contributed by atoms with Crippen molar-refractivity contribution >= 4 is 33.2 Å². The van der Waals surface area contributed by atoms with Crippen LogP contribution >= 0.6 is 27.5 Å². The molecule has 4 heteroatoms. The number of benzene rings is 1. The molecule has 0 spiro atoms. The van der Waals surface area contributed by atoms with Crippen molar-refractivity contribution in [3.8, 4) is 6.07 Å². The third-order valence-corrected chi connectivity index (χ3v) is 3.03. The zero-order valence-corrected chi connectivity index (χ0v) is 11.6. The van der Waals surface area contributed by atoms with E-state index in [2.05, 4.69) is 33.8 Å². The van der Waals surface area contributed by atoms with Crippen LogP contribution in [0.1, 0.15) is 19.8 Å². The molecule has 1 rings (SSSR count). The molecule has 0 unspecified atom stereocenters. The Bertz CT molecular complexity index is 387. The van der Waals surface area contributed by atoms with Gasteiger partial charge in [-0.2, -0.15) is 5.26 Å². The summed E-state index contributed by atoms with van der Waals surface area (Å²) in [6.45, 7) is 3.76. The van der Waals surface area contributed by atoms with E-state index in [1.54, 1.807) is 0 Å². The molecule has 0 bridgehead atoms. The van der Waals surface area contributed by atoms with Crippen LogP contribution in [0.5, 0.6) is 0 Å². The van der Waals surface area contributed by atoms with Crippen LogP contribution < -0.4 is 4.90 Å². The van der Waals surface area contributed by atoms with Gasteiger partial charge in [-0.25, -0.2) is 0 Å². The molecule has 2 nitrogen and oxygen atoms in total. The molecular formula is C12H14BrClN2. The lowest BCUT2D eigenvalue weighted by Gasteiger charge is -2.24. The minimum Gasteiger partial charge on any atom is -0.369 e. The van der Waals surface area contributed by atoms with Crippen molar-refractivity contribution in [2.24, 2.45) is 0 Å². The summed E-state index contributed by atoms with van der Waals surface area (Å²) in [5.74, 6) is 0. The summed E-state index contributed by atoms with van der Waals surface area (Å²) in [6.07, 6.45) is 1.56. The average molecular weight is 302 g/mol. The van der Waals surface area contributed by atoms with Gasteiger partial charge < -0.3 is 4.90 Å². The number of halogens is 2. The third kappa shape index (κ3) is 3.70. The molecule has 0 N–H and O–H groups in total. The molecular weight excluding hydrogens is 288 g/mol. The summed E-state index contributed by atoms with van der Waals surface area (Å²) in [5, 5.41) is 9.35. The Balaban J connectivity index is 2.87. The second kappa shape index (κ2) is 6.78. The van der Waals surface area contributed by atoms with E-state index in [1.807, 2.05) is 18.2 Å². The van der Waals surface area contributed by atoms with Gasteiger partial charge in [0.1, 0.15) is 0 Å². The van der Waals surface area contributed by atoms with Crippen LogP contribution in [0, 0.1) is 11.3 Å². The SMILES string of the molecule is CCCN(CCC#N)c1ccc(Br)cc1Cl. The molecule has 0 aliphatic rings. The molecule has 0 aliphatic carbocycles. The van der Waals surface area contributed by atoms with Gasteiger partial charge in [0.15, 0.2) is 0 Å². The molecule has 86 valence electrons. The number of nitriles is 1. The van der Waals surface area contributed by atoms with Gasteiger partial charge in [-0.05, 0) is 24.6 Å². The van der Waals surface area contributed by atoms with Gasteiger partial charge >= 0.3 is 0 Å². The Morgan fingerprint density at radius 3 is 2.75 bits per heavy atom. The van der Waals surface area contributed by atoms with Crippen molar-refractivity contribution in [3.63, 3.8) is 0 Å². The number of anilines is 1. The van der Waals surface area contributed by atoms with Gasteiger partial charge in [-0.3, -0.25) is 0 Å². The van der Waals surface area contributed by atoms with Crippen LogP contribution in [-0.4, -0.2) is 13.1 Å². The zero-order chi connectivity index (χ0) is 12.0. The Hall–Kier alpha value is -0.720. The number of hydrogen-bond donors (Lipinski definition) is 0. The number of rotatable bonds is 5. The van der Waals surface area contributed by atoms with Crippen molar-refractivity contribution in [2.45, 2.75) is 19.8 Å². The summed E-state index contributed by atoms with van der Waals surface area (Å²) in [5.41, 5.74) is 1.00. The van der Waals surface area contributed by atoms with Crippen molar-refractivity contribution in [1.29, 1.82) is 5.26 Å². The molecule has 0 aliphatic heterocycles. The third-order valence-electron chi connectivity index (χ3n) is 2.24. The Kier molecular flexibility index (Phi) is 5.65. The van der Waals surface area contributed by atoms with E-state index in [9.17, 15) is 0 Å². The summed E-state index contributed by atoms with van der Waals surface area (Å²) in [7, 11) is 0.